The highest BCUT2D eigenvalue weighted by Crippen LogP contribution is 2.22. The molecule has 0 saturated carbocycles. The third kappa shape index (κ3) is 4.48. The van der Waals surface area contributed by atoms with Crippen LogP contribution in [0.3, 0.4) is 0 Å². The standard InChI is InChI=1S/C15H23ClN4O.ClH/c1-10(2)8-20-15(16)13(11(3)18-20)4-5-14(21)19-7-6-12(17)9-19;/h4-5,10,12H,6-9,17H2,1-3H3;1H/b5-4+;/t12-;/m1./s1. The van der Waals surface area contributed by atoms with Gasteiger partial charge in [-0.25, -0.2) is 0 Å². The van der Waals surface area contributed by atoms with E-state index in [1.165, 1.54) is 0 Å². The Kier molecular flexibility index (Phi) is 6.91. The van der Waals surface area contributed by atoms with Crippen LogP contribution >= 0.6 is 24.0 Å². The lowest BCUT2D eigenvalue weighted by molar-refractivity contribution is -0.124. The number of likely N-dealkylation sites (tertiary alicyclic amines) is 1. The zero-order valence-electron chi connectivity index (χ0n) is 13.3. The van der Waals surface area contributed by atoms with E-state index in [9.17, 15) is 4.79 Å². The molecule has 2 heterocycles. The highest BCUT2D eigenvalue weighted by atomic mass is 35.5. The molecule has 0 aliphatic carbocycles. The van der Waals surface area contributed by atoms with Crippen molar-refractivity contribution < 1.29 is 4.79 Å². The Morgan fingerprint density at radius 1 is 1.55 bits per heavy atom. The Labute approximate surface area is 142 Å². The second-order valence-corrected chi connectivity index (χ2v) is 6.39. The minimum absolute atomic E-state index is 0. The van der Waals surface area contributed by atoms with Crippen molar-refractivity contribution in [3.05, 3.63) is 22.5 Å². The number of amides is 1. The molecule has 1 saturated heterocycles. The van der Waals surface area contributed by atoms with Gasteiger partial charge in [-0.15, -0.1) is 12.4 Å². The van der Waals surface area contributed by atoms with Gasteiger partial charge in [-0.3, -0.25) is 9.48 Å². The van der Waals surface area contributed by atoms with Crippen molar-refractivity contribution >= 4 is 36.0 Å². The summed E-state index contributed by atoms with van der Waals surface area (Å²) in [5, 5.41) is 5.01. The van der Waals surface area contributed by atoms with E-state index in [4.69, 9.17) is 17.3 Å². The number of nitrogens with two attached hydrogens (primary N) is 1. The van der Waals surface area contributed by atoms with Crippen molar-refractivity contribution in [3.8, 4) is 0 Å². The van der Waals surface area contributed by atoms with Gasteiger partial charge in [-0.1, -0.05) is 25.4 Å². The van der Waals surface area contributed by atoms with Gasteiger partial charge in [0.1, 0.15) is 5.15 Å². The molecule has 2 rings (SSSR count). The maximum absolute atomic E-state index is 12.1. The molecule has 0 radical (unpaired) electrons. The third-order valence-electron chi connectivity index (χ3n) is 3.58. The first kappa shape index (κ1) is 19.0. The highest BCUT2D eigenvalue weighted by Gasteiger charge is 2.22. The third-order valence-corrected chi connectivity index (χ3v) is 3.98. The molecule has 0 spiro atoms. The van der Waals surface area contributed by atoms with Crippen LogP contribution in [0.25, 0.3) is 6.08 Å². The molecule has 22 heavy (non-hydrogen) atoms. The van der Waals surface area contributed by atoms with Crippen LogP contribution in [0.4, 0.5) is 0 Å². The molecule has 124 valence electrons. The van der Waals surface area contributed by atoms with Crippen molar-refractivity contribution in [2.45, 2.75) is 39.8 Å². The van der Waals surface area contributed by atoms with Crippen LogP contribution in [-0.4, -0.2) is 39.7 Å². The molecular formula is C15H24Cl2N4O. The average molecular weight is 347 g/mol. The fourth-order valence-electron chi connectivity index (χ4n) is 2.47. The van der Waals surface area contributed by atoms with Crippen molar-refractivity contribution in [3.63, 3.8) is 0 Å². The molecule has 1 aromatic rings. The van der Waals surface area contributed by atoms with E-state index in [0.29, 0.717) is 17.6 Å². The predicted octanol–water partition coefficient (Wildman–Crippen LogP) is 2.50. The van der Waals surface area contributed by atoms with Crippen molar-refractivity contribution in [1.82, 2.24) is 14.7 Å². The number of halogens is 2. The fraction of sp³-hybridized carbons (Fsp3) is 0.600. The lowest BCUT2D eigenvalue weighted by Gasteiger charge is -2.12. The van der Waals surface area contributed by atoms with E-state index < -0.39 is 0 Å². The topological polar surface area (TPSA) is 64.2 Å². The molecule has 1 aliphatic heterocycles. The van der Waals surface area contributed by atoms with Crippen LogP contribution in [0.2, 0.25) is 5.15 Å². The maximum atomic E-state index is 12.1. The molecule has 7 heteroatoms. The summed E-state index contributed by atoms with van der Waals surface area (Å²) in [6, 6.07) is 0.0986. The second-order valence-electron chi connectivity index (χ2n) is 6.03. The second kappa shape index (κ2) is 7.99. The summed E-state index contributed by atoms with van der Waals surface area (Å²) in [7, 11) is 0. The van der Waals surface area contributed by atoms with E-state index >= 15 is 0 Å². The molecule has 0 aromatic carbocycles. The fourth-order valence-corrected chi connectivity index (χ4v) is 2.78. The quantitative estimate of drug-likeness (QED) is 0.851. The Balaban J connectivity index is 0.00000242. The molecule has 1 atom stereocenters. The summed E-state index contributed by atoms with van der Waals surface area (Å²) in [5.41, 5.74) is 7.47. The van der Waals surface area contributed by atoms with Crippen molar-refractivity contribution in [2.24, 2.45) is 11.7 Å². The average Bonchev–Trinajstić information content (AvgIpc) is 2.93. The zero-order valence-corrected chi connectivity index (χ0v) is 14.8. The molecule has 0 unspecified atom stereocenters. The molecule has 1 amide bonds. The summed E-state index contributed by atoms with van der Waals surface area (Å²) in [4.78, 5) is 13.9. The number of nitrogens with zero attached hydrogens (tertiary/aromatic N) is 3. The van der Waals surface area contributed by atoms with Crippen LogP contribution in [-0.2, 0) is 11.3 Å². The molecule has 1 fully saturated rings. The first-order valence-electron chi connectivity index (χ1n) is 7.34. The largest absolute Gasteiger partial charge is 0.338 e. The van der Waals surface area contributed by atoms with Gasteiger partial charge in [0.25, 0.3) is 0 Å². The Bertz CT molecular complexity index is 554. The van der Waals surface area contributed by atoms with Gasteiger partial charge in [0.2, 0.25) is 5.91 Å². The van der Waals surface area contributed by atoms with Gasteiger partial charge in [0.15, 0.2) is 0 Å². The van der Waals surface area contributed by atoms with E-state index in [2.05, 4.69) is 18.9 Å². The van der Waals surface area contributed by atoms with Gasteiger partial charge in [-0.2, -0.15) is 5.10 Å². The Morgan fingerprint density at radius 2 is 2.23 bits per heavy atom. The molecule has 5 nitrogen and oxygen atoms in total. The van der Waals surface area contributed by atoms with Gasteiger partial charge in [-0.05, 0) is 25.3 Å². The minimum atomic E-state index is -0.0185. The molecule has 0 bridgehead atoms. The number of rotatable bonds is 4. The highest BCUT2D eigenvalue weighted by molar-refractivity contribution is 6.31. The van der Waals surface area contributed by atoms with Crippen molar-refractivity contribution in [1.29, 1.82) is 0 Å². The maximum Gasteiger partial charge on any atom is 0.246 e. The smallest absolute Gasteiger partial charge is 0.246 e. The molecule has 1 aliphatic rings. The Hall–Kier alpha value is -1.04. The lowest BCUT2D eigenvalue weighted by atomic mass is 10.2. The first-order chi connectivity index (χ1) is 9.88. The lowest BCUT2D eigenvalue weighted by Crippen LogP contribution is -2.30. The number of aromatic nitrogens is 2. The molecular weight excluding hydrogens is 323 g/mol. The first-order valence-corrected chi connectivity index (χ1v) is 7.71. The molecule has 1 aromatic heterocycles. The summed E-state index contributed by atoms with van der Waals surface area (Å²) in [5.74, 6) is 0.446. The Morgan fingerprint density at radius 3 is 2.77 bits per heavy atom. The van der Waals surface area contributed by atoms with E-state index in [1.54, 1.807) is 21.7 Å². The van der Waals surface area contributed by atoms with Gasteiger partial charge in [0, 0.05) is 37.3 Å². The number of aryl methyl sites for hydroxylation is 1. The van der Waals surface area contributed by atoms with E-state index in [-0.39, 0.29) is 24.4 Å². The van der Waals surface area contributed by atoms with Gasteiger partial charge < -0.3 is 10.6 Å². The van der Waals surface area contributed by atoms with Crippen LogP contribution < -0.4 is 5.73 Å². The van der Waals surface area contributed by atoms with Crippen LogP contribution in [0, 0.1) is 12.8 Å². The molecule has 2 N–H and O–H groups in total. The van der Waals surface area contributed by atoms with Crippen LogP contribution in [0.1, 0.15) is 31.5 Å². The summed E-state index contributed by atoms with van der Waals surface area (Å²) in [6.07, 6.45) is 4.19. The normalized spacial score (nSPS) is 18.3. The van der Waals surface area contributed by atoms with Gasteiger partial charge in [0.05, 0.1) is 5.69 Å². The minimum Gasteiger partial charge on any atom is -0.338 e. The van der Waals surface area contributed by atoms with Crippen LogP contribution in [0.5, 0.6) is 0 Å². The van der Waals surface area contributed by atoms with E-state index in [0.717, 1.165) is 30.8 Å². The van der Waals surface area contributed by atoms with E-state index in [1.807, 2.05) is 6.92 Å². The summed E-state index contributed by atoms with van der Waals surface area (Å²) in [6.45, 7) is 8.25. The van der Waals surface area contributed by atoms with Gasteiger partial charge >= 0.3 is 0 Å². The summed E-state index contributed by atoms with van der Waals surface area (Å²) >= 11 is 6.34. The predicted molar refractivity (Wildman–Crippen MR) is 92.3 cm³/mol. The monoisotopic (exact) mass is 346 g/mol. The van der Waals surface area contributed by atoms with Crippen molar-refractivity contribution in [2.75, 3.05) is 13.1 Å². The number of hydrogen-bond donors (Lipinski definition) is 1. The SMILES string of the molecule is Cc1nn(CC(C)C)c(Cl)c1/C=C/C(=O)N1CC[C@@H](N)C1.Cl. The number of hydrogen-bond acceptors (Lipinski definition) is 3. The number of carbonyl (C=O) groups excluding carboxylic acids is 1. The number of carbonyl (C=O) groups is 1. The van der Waals surface area contributed by atoms with Crippen LogP contribution in [0.15, 0.2) is 6.08 Å². The zero-order chi connectivity index (χ0) is 15.6. The summed E-state index contributed by atoms with van der Waals surface area (Å²) < 4.78 is 1.79.